The Morgan fingerprint density at radius 2 is 1.90 bits per heavy atom. The molecule has 1 aromatic heterocycles. The third kappa shape index (κ3) is 3.28. The number of methoxy groups -OCH3 is 1. The average Bonchev–Trinajstić information content (AvgIpc) is 2.49. The molecule has 6 heteroatoms. The molecule has 0 unspecified atom stereocenters. The molecule has 1 N–H and O–H groups in total. The smallest absolute Gasteiger partial charge is 0.338 e. The number of anilines is 1. The lowest BCUT2D eigenvalue weighted by atomic mass is 10.1. The number of hydrogen-bond donors (Lipinski definition) is 1. The standard InChI is InChI=1S/C15H13BrN2O3/c1-9-10(15(20)21-2)5-3-7-12(9)18-14(19)11-6-4-8-17-13(11)16/h3-8H,1-2H3,(H,18,19). The molecule has 1 amide bonds. The summed E-state index contributed by atoms with van der Waals surface area (Å²) >= 11 is 3.23. The van der Waals surface area contributed by atoms with Crippen molar-refractivity contribution in [1.82, 2.24) is 4.98 Å². The number of hydrogen-bond acceptors (Lipinski definition) is 4. The first-order chi connectivity index (χ1) is 10.0. The molecule has 0 saturated heterocycles. The van der Waals surface area contributed by atoms with Crippen molar-refractivity contribution >= 4 is 33.5 Å². The largest absolute Gasteiger partial charge is 0.465 e. The second-order valence-electron chi connectivity index (χ2n) is 4.27. The number of benzene rings is 1. The van der Waals surface area contributed by atoms with Gasteiger partial charge in [-0.25, -0.2) is 9.78 Å². The molecule has 0 aliphatic rings. The molecule has 0 aliphatic carbocycles. The Kier molecular flexibility index (Phi) is 4.70. The van der Waals surface area contributed by atoms with Crippen molar-refractivity contribution in [2.24, 2.45) is 0 Å². The normalized spacial score (nSPS) is 10.0. The Balaban J connectivity index is 2.30. The van der Waals surface area contributed by atoms with Gasteiger partial charge in [-0.15, -0.1) is 0 Å². The quantitative estimate of drug-likeness (QED) is 0.683. The molecule has 108 valence electrons. The van der Waals surface area contributed by atoms with E-state index < -0.39 is 5.97 Å². The fraction of sp³-hybridized carbons (Fsp3) is 0.133. The molecule has 5 nitrogen and oxygen atoms in total. The van der Waals surface area contributed by atoms with Gasteiger partial charge in [0.25, 0.3) is 5.91 Å². The van der Waals surface area contributed by atoms with Crippen LogP contribution >= 0.6 is 15.9 Å². The Morgan fingerprint density at radius 1 is 1.19 bits per heavy atom. The number of carbonyl (C=O) groups is 2. The summed E-state index contributed by atoms with van der Waals surface area (Å²) in [5.74, 6) is -0.744. The molecule has 2 aromatic rings. The summed E-state index contributed by atoms with van der Waals surface area (Å²) in [5.41, 5.74) is 2.04. The minimum absolute atomic E-state index is 0.305. The van der Waals surface area contributed by atoms with Crippen LogP contribution in [0.25, 0.3) is 0 Å². The molecule has 0 fully saturated rings. The molecule has 1 heterocycles. The Hall–Kier alpha value is -2.21. The zero-order chi connectivity index (χ0) is 15.4. The van der Waals surface area contributed by atoms with Gasteiger partial charge in [-0.05, 0) is 52.7 Å². The van der Waals surface area contributed by atoms with E-state index in [4.69, 9.17) is 4.74 Å². The summed E-state index contributed by atoms with van der Waals surface area (Å²) in [6.45, 7) is 1.75. The van der Waals surface area contributed by atoms with Gasteiger partial charge in [0.15, 0.2) is 0 Å². The Morgan fingerprint density at radius 3 is 2.57 bits per heavy atom. The first-order valence-corrected chi connectivity index (χ1v) is 6.93. The minimum atomic E-state index is -0.439. The van der Waals surface area contributed by atoms with Crippen LogP contribution in [0.4, 0.5) is 5.69 Å². The lowest BCUT2D eigenvalue weighted by molar-refractivity contribution is 0.0599. The van der Waals surface area contributed by atoms with Crippen LogP contribution in [-0.2, 0) is 4.74 Å². The molecular weight excluding hydrogens is 336 g/mol. The molecular formula is C15H13BrN2O3. The van der Waals surface area contributed by atoms with Gasteiger partial charge in [0, 0.05) is 11.9 Å². The zero-order valence-corrected chi connectivity index (χ0v) is 13.1. The van der Waals surface area contributed by atoms with Crippen molar-refractivity contribution in [1.29, 1.82) is 0 Å². The number of nitrogens with zero attached hydrogens (tertiary/aromatic N) is 1. The predicted molar refractivity (Wildman–Crippen MR) is 82.4 cm³/mol. The summed E-state index contributed by atoms with van der Waals surface area (Å²) in [4.78, 5) is 27.9. The van der Waals surface area contributed by atoms with Gasteiger partial charge in [0.05, 0.1) is 18.2 Å². The van der Waals surface area contributed by atoms with Crippen molar-refractivity contribution in [3.05, 3.63) is 57.8 Å². The van der Waals surface area contributed by atoms with Gasteiger partial charge in [-0.3, -0.25) is 4.79 Å². The highest BCUT2D eigenvalue weighted by Gasteiger charge is 2.15. The van der Waals surface area contributed by atoms with E-state index in [1.54, 1.807) is 43.5 Å². The molecule has 0 saturated carbocycles. The van der Waals surface area contributed by atoms with Crippen molar-refractivity contribution < 1.29 is 14.3 Å². The molecule has 0 radical (unpaired) electrons. The second kappa shape index (κ2) is 6.49. The summed E-state index contributed by atoms with van der Waals surface area (Å²) < 4.78 is 5.17. The monoisotopic (exact) mass is 348 g/mol. The number of ether oxygens (including phenoxy) is 1. The first-order valence-electron chi connectivity index (χ1n) is 6.14. The van der Waals surface area contributed by atoms with Crippen LogP contribution in [0, 0.1) is 6.92 Å². The van der Waals surface area contributed by atoms with Gasteiger partial charge in [0.1, 0.15) is 4.60 Å². The van der Waals surface area contributed by atoms with Crippen LogP contribution in [0.5, 0.6) is 0 Å². The topological polar surface area (TPSA) is 68.3 Å². The predicted octanol–water partition coefficient (Wildman–Crippen LogP) is 3.19. The van der Waals surface area contributed by atoms with Gasteiger partial charge < -0.3 is 10.1 Å². The number of esters is 1. The van der Waals surface area contributed by atoms with Crippen LogP contribution in [0.2, 0.25) is 0 Å². The Bertz CT molecular complexity index is 701. The van der Waals surface area contributed by atoms with Gasteiger partial charge in [0.2, 0.25) is 0 Å². The highest BCUT2D eigenvalue weighted by atomic mass is 79.9. The molecule has 0 aliphatic heterocycles. The average molecular weight is 349 g/mol. The molecule has 21 heavy (non-hydrogen) atoms. The van der Waals surface area contributed by atoms with Gasteiger partial charge >= 0.3 is 5.97 Å². The summed E-state index contributed by atoms with van der Waals surface area (Å²) in [6, 6.07) is 8.40. The maximum atomic E-state index is 12.2. The van der Waals surface area contributed by atoms with Crippen molar-refractivity contribution in [3.63, 3.8) is 0 Å². The second-order valence-corrected chi connectivity index (χ2v) is 5.02. The number of nitrogens with one attached hydrogen (secondary N) is 1. The minimum Gasteiger partial charge on any atom is -0.465 e. The molecule has 1 aromatic carbocycles. The summed E-state index contributed by atoms with van der Waals surface area (Å²) in [7, 11) is 1.32. The van der Waals surface area contributed by atoms with Crippen molar-refractivity contribution in [3.8, 4) is 0 Å². The molecule has 0 spiro atoms. The highest BCUT2D eigenvalue weighted by Crippen LogP contribution is 2.21. The van der Waals surface area contributed by atoms with Crippen molar-refractivity contribution in [2.45, 2.75) is 6.92 Å². The number of amides is 1. The number of pyridine rings is 1. The third-order valence-corrected chi connectivity index (χ3v) is 3.62. The summed E-state index contributed by atoms with van der Waals surface area (Å²) in [5, 5.41) is 2.77. The van der Waals surface area contributed by atoms with Crippen LogP contribution in [0.15, 0.2) is 41.1 Å². The van der Waals surface area contributed by atoms with E-state index in [2.05, 4.69) is 26.2 Å². The van der Waals surface area contributed by atoms with E-state index in [1.165, 1.54) is 7.11 Å². The molecule has 2 rings (SSSR count). The fourth-order valence-corrected chi connectivity index (χ4v) is 2.28. The number of carbonyl (C=O) groups excluding carboxylic acids is 2. The van der Waals surface area contributed by atoms with Crippen LogP contribution in [0.1, 0.15) is 26.3 Å². The number of rotatable bonds is 3. The lowest BCUT2D eigenvalue weighted by Gasteiger charge is -2.11. The van der Waals surface area contributed by atoms with Crippen LogP contribution in [0.3, 0.4) is 0 Å². The van der Waals surface area contributed by atoms with E-state index >= 15 is 0 Å². The van der Waals surface area contributed by atoms with E-state index in [0.717, 1.165) is 0 Å². The number of halogens is 1. The van der Waals surface area contributed by atoms with E-state index in [0.29, 0.717) is 27.0 Å². The van der Waals surface area contributed by atoms with E-state index in [1.807, 2.05) is 0 Å². The van der Waals surface area contributed by atoms with Gasteiger partial charge in [-0.1, -0.05) is 6.07 Å². The van der Waals surface area contributed by atoms with Crippen molar-refractivity contribution in [2.75, 3.05) is 12.4 Å². The van der Waals surface area contributed by atoms with E-state index in [-0.39, 0.29) is 5.91 Å². The molecule has 0 atom stereocenters. The maximum absolute atomic E-state index is 12.2. The van der Waals surface area contributed by atoms with Crippen LogP contribution < -0.4 is 5.32 Å². The zero-order valence-electron chi connectivity index (χ0n) is 11.5. The number of aromatic nitrogens is 1. The first kappa shape index (κ1) is 15.2. The lowest BCUT2D eigenvalue weighted by Crippen LogP contribution is -2.15. The van der Waals surface area contributed by atoms with E-state index in [9.17, 15) is 9.59 Å². The fourth-order valence-electron chi connectivity index (χ4n) is 1.85. The third-order valence-electron chi connectivity index (χ3n) is 2.99. The Labute approximate surface area is 130 Å². The van der Waals surface area contributed by atoms with Gasteiger partial charge in [-0.2, -0.15) is 0 Å². The summed E-state index contributed by atoms with van der Waals surface area (Å²) in [6.07, 6.45) is 1.59. The molecule has 0 bridgehead atoms. The SMILES string of the molecule is COC(=O)c1cccc(NC(=O)c2cccnc2Br)c1C. The van der Waals surface area contributed by atoms with Crippen LogP contribution in [-0.4, -0.2) is 24.0 Å². The highest BCUT2D eigenvalue weighted by molar-refractivity contribution is 9.10. The maximum Gasteiger partial charge on any atom is 0.338 e.